The first-order valence-corrected chi connectivity index (χ1v) is 8.19. The number of halogens is 1. The quantitative estimate of drug-likeness (QED) is 0.837. The van der Waals surface area contributed by atoms with E-state index in [0.29, 0.717) is 5.92 Å². The highest BCUT2D eigenvalue weighted by Gasteiger charge is 2.21. The minimum absolute atomic E-state index is 0.188. The highest BCUT2D eigenvalue weighted by molar-refractivity contribution is 7.05. The largest absolute Gasteiger partial charge is 0.309 e. The number of nitrogens with zero attached hydrogens (tertiary/aromatic N) is 2. The van der Waals surface area contributed by atoms with Crippen molar-refractivity contribution in [2.45, 2.75) is 45.6 Å². The van der Waals surface area contributed by atoms with Gasteiger partial charge >= 0.3 is 0 Å². The van der Waals surface area contributed by atoms with Gasteiger partial charge < -0.3 is 5.32 Å². The molecule has 1 aromatic heterocycles. The third kappa shape index (κ3) is 4.32. The van der Waals surface area contributed by atoms with Crippen LogP contribution in [-0.4, -0.2) is 16.1 Å². The Kier molecular flexibility index (Phi) is 5.82. The fourth-order valence-corrected chi connectivity index (χ4v) is 3.16. The van der Waals surface area contributed by atoms with Gasteiger partial charge in [-0.1, -0.05) is 37.4 Å². The molecule has 2 aromatic rings. The van der Waals surface area contributed by atoms with E-state index in [0.717, 1.165) is 30.6 Å². The Morgan fingerprint density at radius 1 is 1.24 bits per heavy atom. The van der Waals surface area contributed by atoms with Gasteiger partial charge in [0.05, 0.1) is 10.6 Å². The second kappa shape index (κ2) is 7.61. The Morgan fingerprint density at radius 3 is 2.57 bits per heavy atom. The van der Waals surface area contributed by atoms with Crippen molar-refractivity contribution in [3.63, 3.8) is 0 Å². The van der Waals surface area contributed by atoms with Crippen molar-refractivity contribution in [2.24, 2.45) is 0 Å². The van der Waals surface area contributed by atoms with Gasteiger partial charge in [-0.3, -0.25) is 0 Å². The highest BCUT2D eigenvalue weighted by Crippen LogP contribution is 2.28. The maximum Gasteiger partial charge on any atom is 0.123 e. The molecule has 0 radical (unpaired) electrons. The van der Waals surface area contributed by atoms with Gasteiger partial charge in [-0.25, -0.2) is 4.39 Å². The molecule has 1 unspecified atom stereocenters. The minimum atomic E-state index is -0.195. The van der Waals surface area contributed by atoms with Crippen molar-refractivity contribution in [3.05, 3.63) is 46.2 Å². The first-order valence-electron chi connectivity index (χ1n) is 7.41. The number of benzene rings is 1. The summed E-state index contributed by atoms with van der Waals surface area (Å²) in [6.45, 7) is 7.36. The number of hydrogen-bond acceptors (Lipinski definition) is 4. The lowest BCUT2D eigenvalue weighted by atomic mass is 10.00. The van der Waals surface area contributed by atoms with Crippen LogP contribution < -0.4 is 5.32 Å². The van der Waals surface area contributed by atoms with Gasteiger partial charge in [0.2, 0.25) is 0 Å². The lowest BCUT2D eigenvalue weighted by Gasteiger charge is -2.19. The molecule has 0 aliphatic heterocycles. The van der Waals surface area contributed by atoms with E-state index < -0.39 is 0 Å². The number of rotatable bonds is 7. The smallest absolute Gasteiger partial charge is 0.123 e. The van der Waals surface area contributed by atoms with Gasteiger partial charge in [-0.2, -0.15) is 0 Å². The van der Waals surface area contributed by atoms with Crippen molar-refractivity contribution >= 4 is 11.5 Å². The van der Waals surface area contributed by atoms with E-state index in [2.05, 4.69) is 35.7 Å². The normalized spacial score (nSPS) is 12.8. The molecule has 1 atom stereocenters. The summed E-state index contributed by atoms with van der Waals surface area (Å²) in [6.07, 6.45) is 1.90. The molecule has 114 valence electrons. The summed E-state index contributed by atoms with van der Waals surface area (Å²) in [6, 6.07) is 6.91. The predicted molar refractivity (Wildman–Crippen MR) is 85.1 cm³/mol. The average molecular weight is 307 g/mol. The zero-order valence-corrected chi connectivity index (χ0v) is 13.6. The summed E-state index contributed by atoms with van der Waals surface area (Å²) >= 11 is 1.46. The third-order valence-corrected chi connectivity index (χ3v) is 4.25. The molecule has 0 spiro atoms. The second-order valence-corrected chi connectivity index (χ2v) is 6.30. The molecule has 0 saturated heterocycles. The molecule has 5 heteroatoms. The summed E-state index contributed by atoms with van der Waals surface area (Å²) in [5, 5.41) is 7.84. The van der Waals surface area contributed by atoms with Crippen LogP contribution in [0.1, 0.15) is 55.3 Å². The number of nitrogens with one attached hydrogen (secondary N) is 1. The Bertz CT molecular complexity index is 551. The fourth-order valence-electron chi connectivity index (χ4n) is 2.28. The van der Waals surface area contributed by atoms with Crippen LogP contribution in [-0.2, 0) is 6.42 Å². The fraction of sp³-hybridized carbons (Fsp3) is 0.500. The van der Waals surface area contributed by atoms with Crippen molar-refractivity contribution in [3.8, 4) is 0 Å². The molecule has 1 N–H and O–H groups in total. The molecule has 0 amide bonds. The van der Waals surface area contributed by atoms with Crippen LogP contribution in [0.15, 0.2) is 24.3 Å². The summed E-state index contributed by atoms with van der Waals surface area (Å²) in [5.41, 5.74) is 2.18. The van der Waals surface area contributed by atoms with E-state index in [4.69, 9.17) is 0 Å². The Morgan fingerprint density at radius 2 is 1.95 bits per heavy atom. The SMILES string of the molecule is CCCNC(Cc1ccc(F)cc1)c1snnc1C(C)C. The van der Waals surface area contributed by atoms with E-state index in [1.807, 2.05) is 12.1 Å². The van der Waals surface area contributed by atoms with Crippen molar-refractivity contribution in [1.29, 1.82) is 0 Å². The molecule has 0 aliphatic carbocycles. The summed E-state index contributed by atoms with van der Waals surface area (Å²) < 4.78 is 17.2. The standard InChI is InChI=1S/C16H22FN3S/c1-4-9-18-14(10-12-5-7-13(17)8-6-12)16-15(11(2)3)19-20-21-16/h5-8,11,14,18H,4,9-10H2,1-3H3. The van der Waals surface area contributed by atoms with Crippen LogP contribution in [0.3, 0.4) is 0 Å². The van der Waals surface area contributed by atoms with E-state index in [9.17, 15) is 4.39 Å². The van der Waals surface area contributed by atoms with Crippen LogP contribution >= 0.6 is 11.5 Å². The lowest BCUT2D eigenvalue weighted by Crippen LogP contribution is -2.24. The van der Waals surface area contributed by atoms with Gasteiger partial charge in [0.1, 0.15) is 5.82 Å². The van der Waals surface area contributed by atoms with E-state index in [1.54, 1.807) is 0 Å². The molecular weight excluding hydrogens is 285 g/mol. The first kappa shape index (κ1) is 16.0. The van der Waals surface area contributed by atoms with E-state index in [1.165, 1.54) is 28.5 Å². The molecule has 2 rings (SSSR count). The van der Waals surface area contributed by atoms with Crippen molar-refractivity contribution < 1.29 is 4.39 Å². The van der Waals surface area contributed by atoms with Gasteiger partial charge in [-0.05, 0) is 54.5 Å². The molecule has 0 saturated carbocycles. The van der Waals surface area contributed by atoms with E-state index >= 15 is 0 Å². The van der Waals surface area contributed by atoms with Gasteiger partial charge in [0.25, 0.3) is 0 Å². The van der Waals surface area contributed by atoms with Gasteiger partial charge in [0, 0.05) is 6.04 Å². The number of aromatic nitrogens is 2. The Labute approximate surface area is 129 Å². The zero-order valence-electron chi connectivity index (χ0n) is 12.8. The number of hydrogen-bond donors (Lipinski definition) is 1. The Hall–Kier alpha value is -1.33. The van der Waals surface area contributed by atoms with E-state index in [-0.39, 0.29) is 11.9 Å². The average Bonchev–Trinajstić information content (AvgIpc) is 2.95. The summed E-state index contributed by atoms with van der Waals surface area (Å²) in [5.74, 6) is 0.164. The van der Waals surface area contributed by atoms with Crippen LogP contribution in [0, 0.1) is 5.82 Å². The van der Waals surface area contributed by atoms with Crippen LogP contribution in [0.5, 0.6) is 0 Å². The summed E-state index contributed by atoms with van der Waals surface area (Å²) in [4.78, 5) is 1.20. The first-order chi connectivity index (χ1) is 10.1. The van der Waals surface area contributed by atoms with Gasteiger partial charge in [0.15, 0.2) is 0 Å². The van der Waals surface area contributed by atoms with Gasteiger partial charge in [-0.15, -0.1) is 5.10 Å². The maximum absolute atomic E-state index is 13.0. The molecule has 1 aromatic carbocycles. The van der Waals surface area contributed by atoms with Crippen molar-refractivity contribution in [1.82, 2.24) is 14.9 Å². The molecule has 3 nitrogen and oxygen atoms in total. The monoisotopic (exact) mass is 307 g/mol. The molecule has 21 heavy (non-hydrogen) atoms. The highest BCUT2D eigenvalue weighted by atomic mass is 32.1. The maximum atomic E-state index is 13.0. The molecule has 1 heterocycles. The molecular formula is C16H22FN3S. The third-order valence-electron chi connectivity index (χ3n) is 3.40. The predicted octanol–water partition coefficient (Wildman–Crippen LogP) is 4.08. The minimum Gasteiger partial charge on any atom is -0.309 e. The summed E-state index contributed by atoms with van der Waals surface area (Å²) in [7, 11) is 0. The second-order valence-electron chi connectivity index (χ2n) is 5.51. The van der Waals surface area contributed by atoms with Crippen molar-refractivity contribution in [2.75, 3.05) is 6.54 Å². The molecule has 0 aliphatic rings. The molecule has 0 bridgehead atoms. The van der Waals surface area contributed by atoms with Crippen LogP contribution in [0.25, 0.3) is 0 Å². The van der Waals surface area contributed by atoms with Crippen LogP contribution in [0.2, 0.25) is 0 Å². The topological polar surface area (TPSA) is 37.8 Å². The zero-order chi connectivity index (χ0) is 15.2. The molecule has 0 fully saturated rings. The Balaban J connectivity index is 2.21. The van der Waals surface area contributed by atoms with Crippen LogP contribution in [0.4, 0.5) is 4.39 Å². The lowest BCUT2D eigenvalue weighted by molar-refractivity contribution is 0.528.